The van der Waals surface area contributed by atoms with E-state index in [1.807, 2.05) is 31.2 Å². The van der Waals surface area contributed by atoms with Gasteiger partial charge in [-0.2, -0.15) is 0 Å². The molecule has 0 bridgehead atoms. The summed E-state index contributed by atoms with van der Waals surface area (Å²) in [5.41, 5.74) is 4.86. The van der Waals surface area contributed by atoms with Crippen LogP contribution in [0.25, 0.3) is 11.1 Å². The van der Waals surface area contributed by atoms with Gasteiger partial charge in [-0.1, -0.05) is 30.3 Å². The van der Waals surface area contributed by atoms with E-state index in [-0.39, 0.29) is 5.97 Å². The van der Waals surface area contributed by atoms with Crippen LogP contribution in [-0.2, 0) is 9.47 Å². The summed E-state index contributed by atoms with van der Waals surface area (Å²) in [4.78, 5) is 14.8. The maximum absolute atomic E-state index is 12.4. The van der Waals surface area contributed by atoms with Gasteiger partial charge in [0.15, 0.2) is 0 Å². The second kappa shape index (κ2) is 8.37. The van der Waals surface area contributed by atoms with Crippen molar-refractivity contribution in [2.75, 3.05) is 31.8 Å². The van der Waals surface area contributed by atoms with Crippen LogP contribution in [0.4, 0.5) is 5.69 Å². The number of hydrogen-bond donors (Lipinski definition) is 0. The first kappa shape index (κ1) is 18.5. The molecule has 4 heteroatoms. The smallest absolute Gasteiger partial charge is 0.338 e. The van der Waals surface area contributed by atoms with Crippen LogP contribution in [0.2, 0.25) is 0 Å². The van der Waals surface area contributed by atoms with Crippen molar-refractivity contribution in [3.63, 3.8) is 0 Å². The number of esters is 1. The van der Waals surface area contributed by atoms with Crippen LogP contribution in [-0.4, -0.2) is 38.9 Å². The molecule has 1 aliphatic rings. The predicted octanol–water partition coefficient (Wildman–Crippen LogP) is 4.45. The summed E-state index contributed by atoms with van der Waals surface area (Å²) in [5.74, 6) is -0.287. The summed E-state index contributed by atoms with van der Waals surface area (Å²) in [6.07, 6.45) is 2.02. The maximum atomic E-state index is 12.4. The van der Waals surface area contributed by atoms with Crippen molar-refractivity contribution in [1.29, 1.82) is 0 Å². The topological polar surface area (TPSA) is 38.8 Å². The lowest BCUT2D eigenvalue weighted by atomic mass is 9.95. The Morgan fingerprint density at radius 2 is 1.85 bits per heavy atom. The van der Waals surface area contributed by atoms with E-state index >= 15 is 0 Å². The highest BCUT2D eigenvalue weighted by Crippen LogP contribution is 2.33. The highest BCUT2D eigenvalue weighted by molar-refractivity contribution is 5.95. The van der Waals surface area contributed by atoms with E-state index in [0.717, 1.165) is 55.0 Å². The molecule has 26 heavy (non-hydrogen) atoms. The van der Waals surface area contributed by atoms with Crippen LogP contribution >= 0.6 is 0 Å². The van der Waals surface area contributed by atoms with Crippen LogP contribution in [0.3, 0.4) is 0 Å². The molecule has 1 saturated heterocycles. The molecule has 1 heterocycles. The molecule has 138 valence electrons. The molecule has 0 saturated carbocycles. The van der Waals surface area contributed by atoms with Crippen LogP contribution in [0, 0.1) is 6.92 Å². The summed E-state index contributed by atoms with van der Waals surface area (Å²) in [6.45, 7) is 6.66. The van der Waals surface area contributed by atoms with Crippen molar-refractivity contribution in [2.45, 2.75) is 32.7 Å². The number of carbonyl (C=O) groups is 1. The van der Waals surface area contributed by atoms with Gasteiger partial charge in [-0.15, -0.1) is 0 Å². The molecule has 0 amide bonds. The zero-order chi connectivity index (χ0) is 18.5. The Labute approximate surface area is 155 Å². The Morgan fingerprint density at radius 1 is 1.15 bits per heavy atom. The molecular formula is C22H27NO3. The summed E-state index contributed by atoms with van der Waals surface area (Å²) in [5, 5.41) is 0. The van der Waals surface area contributed by atoms with Crippen LogP contribution in [0.5, 0.6) is 0 Å². The molecular weight excluding hydrogens is 326 g/mol. The molecule has 0 aliphatic carbocycles. The van der Waals surface area contributed by atoms with Gasteiger partial charge >= 0.3 is 5.97 Å². The first-order chi connectivity index (χ1) is 12.7. The lowest BCUT2D eigenvalue weighted by Crippen LogP contribution is -2.40. The molecule has 0 unspecified atom stereocenters. The molecule has 2 aromatic carbocycles. The van der Waals surface area contributed by atoms with Crippen LogP contribution in [0.1, 0.15) is 35.7 Å². The van der Waals surface area contributed by atoms with Crippen molar-refractivity contribution in [2.24, 2.45) is 0 Å². The second-order valence-corrected chi connectivity index (χ2v) is 6.66. The first-order valence-corrected chi connectivity index (χ1v) is 9.28. The van der Waals surface area contributed by atoms with Gasteiger partial charge in [0.1, 0.15) is 0 Å². The third-order valence-electron chi connectivity index (χ3n) is 5.17. The van der Waals surface area contributed by atoms with Gasteiger partial charge in [0.05, 0.1) is 12.7 Å². The third-order valence-corrected chi connectivity index (χ3v) is 5.17. The molecule has 1 fully saturated rings. The Morgan fingerprint density at radius 3 is 2.46 bits per heavy atom. The normalized spacial score (nSPS) is 14.9. The van der Waals surface area contributed by atoms with Crippen molar-refractivity contribution < 1.29 is 14.3 Å². The highest BCUT2D eigenvalue weighted by atomic mass is 16.5. The number of nitrogens with zero attached hydrogens (tertiary/aromatic N) is 1. The lowest BCUT2D eigenvalue weighted by Gasteiger charge is -2.37. The van der Waals surface area contributed by atoms with Crippen LogP contribution < -0.4 is 4.90 Å². The SMILES string of the molecule is CCN(c1cc(-c2ccccc2)cc(C(=O)OC)c1C)C1CCOCC1. The van der Waals surface area contributed by atoms with E-state index in [1.54, 1.807) is 0 Å². The summed E-state index contributed by atoms with van der Waals surface area (Å²) >= 11 is 0. The Hall–Kier alpha value is -2.33. The molecule has 1 aliphatic heterocycles. The fraction of sp³-hybridized carbons (Fsp3) is 0.409. The van der Waals surface area contributed by atoms with E-state index in [1.165, 1.54) is 7.11 Å². The molecule has 0 spiro atoms. The average molecular weight is 353 g/mol. The van der Waals surface area contributed by atoms with Crippen LogP contribution in [0.15, 0.2) is 42.5 Å². The molecule has 3 rings (SSSR count). The zero-order valence-electron chi connectivity index (χ0n) is 15.8. The Balaban J connectivity index is 2.11. The monoisotopic (exact) mass is 353 g/mol. The first-order valence-electron chi connectivity index (χ1n) is 9.28. The quantitative estimate of drug-likeness (QED) is 0.744. The van der Waals surface area contributed by atoms with Crippen molar-refractivity contribution in [3.8, 4) is 11.1 Å². The van der Waals surface area contributed by atoms with E-state index in [9.17, 15) is 4.79 Å². The summed E-state index contributed by atoms with van der Waals surface area (Å²) < 4.78 is 10.6. The standard InChI is InChI=1S/C22H27NO3/c1-4-23(19-10-12-26-13-11-19)21-15-18(17-8-6-5-7-9-17)14-20(16(21)2)22(24)25-3/h5-9,14-15,19H,4,10-13H2,1-3H3. The molecule has 2 aromatic rings. The molecule has 0 aromatic heterocycles. The highest BCUT2D eigenvalue weighted by Gasteiger charge is 2.24. The van der Waals surface area contributed by atoms with Crippen molar-refractivity contribution >= 4 is 11.7 Å². The summed E-state index contributed by atoms with van der Waals surface area (Å²) in [7, 11) is 1.44. The van der Waals surface area contributed by atoms with E-state index in [4.69, 9.17) is 9.47 Å². The fourth-order valence-electron chi connectivity index (χ4n) is 3.74. The number of anilines is 1. The Kier molecular flexibility index (Phi) is 5.94. The minimum absolute atomic E-state index is 0.287. The van der Waals surface area contributed by atoms with Gasteiger partial charge in [-0.05, 0) is 55.5 Å². The molecule has 0 N–H and O–H groups in total. The van der Waals surface area contributed by atoms with Gasteiger partial charge in [-0.25, -0.2) is 4.79 Å². The maximum Gasteiger partial charge on any atom is 0.338 e. The fourth-order valence-corrected chi connectivity index (χ4v) is 3.74. The van der Waals surface area contributed by atoms with E-state index in [0.29, 0.717) is 11.6 Å². The number of ether oxygens (including phenoxy) is 2. The van der Waals surface area contributed by atoms with E-state index in [2.05, 4.69) is 30.0 Å². The number of hydrogen-bond acceptors (Lipinski definition) is 4. The predicted molar refractivity (Wildman–Crippen MR) is 105 cm³/mol. The van der Waals surface area contributed by atoms with Gasteiger partial charge in [0.25, 0.3) is 0 Å². The van der Waals surface area contributed by atoms with Crippen molar-refractivity contribution in [3.05, 3.63) is 53.6 Å². The molecule has 4 nitrogen and oxygen atoms in total. The van der Waals surface area contributed by atoms with Gasteiger partial charge in [0, 0.05) is 31.5 Å². The average Bonchev–Trinajstić information content (AvgIpc) is 2.70. The minimum atomic E-state index is -0.287. The van der Waals surface area contributed by atoms with Crippen molar-refractivity contribution in [1.82, 2.24) is 0 Å². The number of benzene rings is 2. The number of carbonyl (C=O) groups excluding carboxylic acids is 1. The second-order valence-electron chi connectivity index (χ2n) is 6.66. The van der Waals surface area contributed by atoms with E-state index < -0.39 is 0 Å². The summed E-state index contributed by atoms with van der Waals surface area (Å²) in [6, 6.07) is 14.8. The molecule has 0 radical (unpaired) electrons. The lowest BCUT2D eigenvalue weighted by molar-refractivity contribution is 0.0599. The number of rotatable bonds is 5. The minimum Gasteiger partial charge on any atom is -0.465 e. The Bertz CT molecular complexity index is 751. The zero-order valence-corrected chi connectivity index (χ0v) is 15.8. The van der Waals surface area contributed by atoms with Gasteiger partial charge in [0.2, 0.25) is 0 Å². The van der Waals surface area contributed by atoms with Gasteiger partial charge in [-0.3, -0.25) is 0 Å². The van der Waals surface area contributed by atoms with Gasteiger partial charge < -0.3 is 14.4 Å². The number of methoxy groups -OCH3 is 1. The largest absolute Gasteiger partial charge is 0.465 e. The third kappa shape index (κ3) is 3.75. The molecule has 0 atom stereocenters.